The van der Waals surface area contributed by atoms with E-state index in [1.54, 1.807) is 13.8 Å². The molecular formula is C16H18N2O3. The predicted molar refractivity (Wildman–Crippen MR) is 79.2 cm³/mol. The third kappa shape index (κ3) is 3.37. The minimum atomic E-state index is -0.366. The molecule has 21 heavy (non-hydrogen) atoms. The Morgan fingerprint density at radius 1 is 1.19 bits per heavy atom. The molecule has 5 nitrogen and oxygen atoms in total. The van der Waals surface area contributed by atoms with Crippen molar-refractivity contribution in [1.29, 1.82) is 0 Å². The molecule has 0 bridgehead atoms. The van der Waals surface area contributed by atoms with Gasteiger partial charge in [-0.2, -0.15) is 5.10 Å². The number of methoxy groups -OCH3 is 1. The van der Waals surface area contributed by atoms with Crippen LogP contribution < -0.4 is 5.56 Å². The molecule has 2 rings (SSSR count). The average molecular weight is 286 g/mol. The van der Waals surface area contributed by atoms with Gasteiger partial charge in [-0.3, -0.25) is 9.59 Å². The lowest BCUT2D eigenvalue weighted by atomic mass is 10.1. The van der Waals surface area contributed by atoms with E-state index in [2.05, 4.69) is 9.84 Å². The summed E-state index contributed by atoms with van der Waals surface area (Å²) in [5, 5.41) is 4.32. The lowest BCUT2D eigenvalue weighted by molar-refractivity contribution is -0.139. The fraction of sp³-hybridized carbons (Fsp3) is 0.312. The third-order valence-electron chi connectivity index (χ3n) is 3.51. The molecule has 1 aromatic carbocycles. The molecule has 1 aromatic heterocycles. The molecule has 0 spiro atoms. The minimum absolute atomic E-state index is 0.0677. The number of benzene rings is 1. The van der Waals surface area contributed by atoms with Crippen molar-refractivity contribution in [3.8, 4) is 0 Å². The number of hydrogen-bond donors (Lipinski definition) is 0. The van der Waals surface area contributed by atoms with Crippen molar-refractivity contribution in [2.45, 2.75) is 26.8 Å². The Hall–Kier alpha value is -2.43. The Labute approximate surface area is 123 Å². The van der Waals surface area contributed by atoms with Crippen molar-refractivity contribution >= 4 is 5.97 Å². The summed E-state index contributed by atoms with van der Waals surface area (Å²) in [5.74, 6) is -0.366. The second kappa shape index (κ2) is 6.35. The number of ether oxygens (including phenoxy) is 1. The summed E-state index contributed by atoms with van der Waals surface area (Å²) in [6.07, 6.45) is 0.0677. The highest BCUT2D eigenvalue weighted by atomic mass is 16.5. The Kier molecular flexibility index (Phi) is 4.52. The molecule has 0 aliphatic heterocycles. The zero-order chi connectivity index (χ0) is 15.4. The quantitative estimate of drug-likeness (QED) is 0.801. The molecule has 0 saturated carbocycles. The van der Waals surface area contributed by atoms with Gasteiger partial charge in [0.2, 0.25) is 0 Å². The fourth-order valence-corrected chi connectivity index (χ4v) is 2.08. The SMILES string of the molecule is COC(=O)Cc1nn(Cc2ccccc2)c(=O)c(C)c1C. The minimum Gasteiger partial charge on any atom is -0.469 e. The van der Waals surface area contributed by atoms with Gasteiger partial charge in [0, 0.05) is 5.56 Å². The number of carbonyl (C=O) groups is 1. The first-order valence-corrected chi connectivity index (χ1v) is 6.71. The zero-order valence-electron chi connectivity index (χ0n) is 12.4. The van der Waals surface area contributed by atoms with Crippen LogP contribution in [0.5, 0.6) is 0 Å². The maximum absolute atomic E-state index is 12.3. The summed E-state index contributed by atoms with van der Waals surface area (Å²) in [5.41, 5.74) is 2.79. The second-order valence-corrected chi connectivity index (χ2v) is 4.90. The zero-order valence-corrected chi connectivity index (χ0v) is 12.4. The molecule has 0 aliphatic rings. The van der Waals surface area contributed by atoms with Crippen LogP contribution in [0, 0.1) is 13.8 Å². The van der Waals surface area contributed by atoms with Gasteiger partial charge in [0.15, 0.2) is 0 Å². The van der Waals surface area contributed by atoms with Gasteiger partial charge in [-0.15, -0.1) is 0 Å². The second-order valence-electron chi connectivity index (χ2n) is 4.90. The number of esters is 1. The van der Waals surface area contributed by atoms with Gasteiger partial charge < -0.3 is 4.74 Å². The molecule has 0 aliphatic carbocycles. The van der Waals surface area contributed by atoms with E-state index >= 15 is 0 Å². The van der Waals surface area contributed by atoms with Crippen LogP contribution in [-0.2, 0) is 22.5 Å². The van der Waals surface area contributed by atoms with E-state index in [9.17, 15) is 9.59 Å². The molecule has 0 unspecified atom stereocenters. The Bertz CT molecular complexity index is 705. The highest BCUT2D eigenvalue weighted by molar-refractivity contribution is 5.72. The van der Waals surface area contributed by atoms with Crippen LogP contribution in [0.15, 0.2) is 35.1 Å². The molecule has 0 radical (unpaired) electrons. The molecule has 110 valence electrons. The summed E-state index contributed by atoms with van der Waals surface area (Å²) in [6, 6.07) is 9.61. The Balaban J connectivity index is 2.41. The Morgan fingerprint density at radius 2 is 1.86 bits per heavy atom. The van der Waals surface area contributed by atoms with Crippen molar-refractivity contribution < 1.29 is 9.53 Å². The first-order valence-electron chi connectivity index (χ1n) is 6.71. The third-order valence-corrected chi connectivity index (χ3v) is 3.51. The van der Waals surface area contributed by atoms with Gasteiger partial charge in [-0.05, 0) is 25.0 Å². The van der Waals surface area contributed by atoms with Crippen LogP contribution in [0.2, 0.25) is 0 Å². The van der Waals surface area contributed by atoms with E-state index in [0.717, 1.165) is 11.1 Å². The first kappa shape index (κ1) is 15.0. The van der Waals surface area contributed by atoms with Gasteiger partial charge in [0.25, 0.3) is 5.56 Å². The number of hydrogen-bond acceptors (Lipinski definition) is 4. The number of aromatic nitrogens is 2. The molecule has 0 atom stereocenters. The van der Waals surface area contributed by atoms with E-state index in [0.29, 0.717) is 17.8 Å². The smallest absolute Gasteiger partial charge is 0.311 e. The van der Waals surface area contributed by atoms with Gasteiger partial charge in [0.1, 0.15) is 0 Å². The highest BCUT2D eigenvalue weighted by Gasteiger charge is 2.14. The van der Waals surface area contributed by atoms with Gasteiger partial charge in [-0.25, -0.2) is 4.68 Å². The molecular weight excluding hydrogens is 268 g/mol. The summed E-state index contributed by atoms with van der Waals surface area (Å²) < 4.78 is 6.07. The van der Waals surface area contributed by atoms with Crippen molar-refractivity contribution in [2.24, 2.45) is 0 Å². The molecule has 5 heteroatoms. The fourth-order valence-electron chi connectivity index (χ4n) is 2.08. The normalized spacial score (nSPS) is 10.4. The van der Waals surface area contributed by atoms with E-state index in [1.807, 2.05) is 30.3 Å². The predicted octanol–water partition coefficient (Wildman–Crippen LogP) is 1.62. The van der Waals surface area contributed by atoms with E-state index in [4.69, 9.17) is 0 Å². The van der Waals surface area contributed by atoms with Crippen molar-refractivity contribution in [1.82, 2.24) is 9.78 Å². The maximum Gasteiger partial charge on any atom is 0.311 e. The van der Waals surface area contributed by atoms with Crippen LogP contribution in [-0.4, -0.2) is 22.9 Å². The Morgan fingerprint density at radius 3 is 2.48 bits per heavy atom. The first-order chi connectivity index (χ1) is 10.0. The van der Waals surface area contributed by atoms with Crippen molar-refractivity contribution in [3.63, 3.8) is 0 Å². The van der Waals surface area contributed by atoms with E-state index in [1.165, 1.54) is 11.8 Å². The number of nitrogens with zero attached hydrogens (tertiary/aromatic N) is 2. The summed E-state index contributed by atoms with van der Waals surface area (Å²) in [7, 11) is 1.34. The number of carbonyl (C=O) groups excluding carboxylic acids is 1. The van der Waals surface area contributed by atoms with Crippen LogP contribution in [0.1, 0.15) is 22.4 Å². The largest absolute Gasteiger partial charge is 0.469 e. The highest BCUT2D eigenvalue weighted by Crippen LogP contribution is 2.09. The molecule has 0 fully saturated rings. The van der Waals surface area contributed by atoms with Crippen LogP contribution in [0.25, 0.3) is 0 Å². The van der Waals surface area contributed by atoms with Crippen molar-refractivity contribution in [3.05, 3.63) is 63.1 Å². The maximum atomic E-state index is 12.3. The van der Waals surface area contributed by atoms with Crippen molar-refractivity contribution in [2.75, 3.05) is 7.11 Å². The lowest BCUT2D eigenvalue weighted by Crippen LogP contribution is -2.29. The van der Waals surface area contributed by atoms with Crippen LogP contribution in [0.4, 0.5) is 0 Å². The summed E-state index contributed by atoms with van der Waals surface area (Å²) >= 11 is 0. The molecule has 0 amide bonds. The van der Waals surface area contributed by atoms with E-state index < -0.39 is 0 Å². The molecule has 0 N–H and O–H groups in total. The summed E-state index contributed by atoms with van der Waals surface area (Å²) in [6.45, 7) is 3.94. The van der Waals surface area contributed by atoms with Gasteiger partial charge in [-0.1, -0.05) is 30.3 Å². The lowest BCUT2D eigenvalue weighted by Gasteiger charge is -2.12. The topological polar surface area (TPSA) is 61.2 Å². The van der Waals surface area contributed by atoms with Crippen LogP contribution in [0.3, 0.4) is 0 Å². The van der Waals surface area contributed by atoms with Gasteiger partial charge >= 0.3 is 5.97 Å². The summed E-state index contributed by atoms with van der Waals surface area (Å²) in [4.78, 5) is 23.7. The molecule has 2 aromatic rings. The number of rotatable bonds is 4. The van der Waals surface area contributed by atoms with Gasteiger partial charge in [0.05, 0.1) is 25.8 Å². The van der Waals surface area contributed by atoms with E-state index in [-0.39, 0.29) is 17.9 Å². The molecule has 0 saturated heterocycles. The molecule has 1 heterocycles. The monoisotopic (exact) mass is 286 g/mol. The standard InChI is InChI=1S/C16H18N2O3/c1-11-12(2)16(20)18(10-13-7-5-4-6-8-13)17-14(11)9-15(19)21-3/h4-8H,9-10H2,1-3H3. The van der Waals surface area contributed by atoms with Crippen LogP contribution >= 0.6 is 0 Å². The average Bonchev–Trinajstić information content (AvgIpc) is 2.50.